The highest BCUT2D eigenvalue weighted by molar-refractivity contribution is 6.08. The Balaban J connectivity index is 1.73. The molecule has 4 atom stereocenters. The van der Waals surface area contributed by atoms with Gasteiger partial charge < -0.3 is 15.3 Å². The molecule has 2 aliphatic rings. The van der Waals surface area contributed by atoms with Gasteiger partial charge in [0, 0.05) is 29.5 Å². The molecule has 0 saturated heterocycles. The van der Waals surface area contributed by atoms with Gasteiger partial charge in [-0.2, -0.15) is 0 Å². The van der Waals surface area contributed by atoms with Crippen LogP contribution in [0.3, 0.4) is 0 Å². The first kappa shape index (κ1) is 26.4. The molecule has 1 saturated carbocycles. The molecule has 0 spiro atoms. The van der Waals surface area contributed by atoms with E-state index in [2.05, 4.69) is 38.8 Å². The van der Waals surface area contributed by atoms with Crippen molar-refractivity contribution in [2.75, 3.05) is 6.61 Å². The number of allylic oxidation sites excluding steroid dienone is 2. The Kier molecular flexibility index (Phi) is 7.58. The van der Waals surface area contributed by atoms with Crippen molar-refractivity contribution in [3.63, 3.8) is 0 Å². The van der Waals surface area contributed by atoms with Gasteiger partial charge in [0.15, 0.2) is 0 Å². The number of aliphatic imine (C=N–C) groups is 1. The fraction of sp³-hybridized carbons (Fsp3) is 0.500. The monoisotopic (exact) mass is 491 g/mol. The number of nitrogens with zero attached hydrogens (tertiary/aromatic N) is 2. The molecule has 0 amide bonds. The van der Waals surface area contributed by atoms with Crippen molar-refractivity contribution in [3.05, 3.63) is 71.8 Å². The second kappa shape index (κ2) is 10.3. The molecule has 1 aromatic carbocycles. The highest BCUT2D eigenvalue weighted by Gasteiger charge is 2.57. The maximum Gasteiger partial charge on any atom is 0.125 e. The van der Waals surface area contributed by atoms with E-state index in [0.29, 0.717) is 30.8 Å². The number of benzene rings is 1. The second-order valence-electron chi connectivity index (χ2n) is 11.2. The number of aliphatic hydroxyl groups excluding tert-OH is 1. The normalized spacial score (nSPS) is 28.0. The zero-order chi connectivity index (χ0) is 26.0. The molecule has 0 bridgehead atoms. The molecule has 2 aliphatic carbocycles. The Hall–Kier alpha value is -2.70. The third-order valence-electron chi connectivity index (χ3n) is 8.55. The highest BCUT2D eigenvalue weighted by Crippen LogP contribution is 2.63. The summed E-state index contributed by atoms with van der Waals surface area (Å²) in [5, 5.41) is 19.5. The van der Waals surface area contributed by atoms with Crippen LogP contribution in [0.25, 0.3) is 0 Å². The van der Waals surface area contributed by atoms with Crippen molar-refractivity contribution >= 4 is 17.6 Å². The third-order valence-corrected chi connectivity index (χ3v) is 8.55. The molecule has 4 rings (SSSR count). The van der Waals surface area contributed by atoms with Crippen LogP contribution in [0.1, 0.15) is 71.6 Å². The minimum Gasteiger partial charge on any atom is -0.387 e. The lowest BCUT2D eigenvalue weighted by Gasteiger charge is -2.49. The molecule has 1 fully saturated rings. The first-order valence-corrected chi connectivity index (χ1v) is 12.9. The molecule has 2 aromatic rings. The van der Waals surface area contributed by atoms with Gasteiger partial charge in [-0.15, -0.1) is 0 Å². The molecule has 0 aliphatic heterocycles. The van der Waals surface area contributed by atoms with E-state index in [0.717, 1.165) is 25.0 Å². The van der Waals surface area contributed by atoms with Crippen molar-refractivity contribution < 1.29 is 14.2 Å². The molecule has 0 radical (unpaired) electrons. The van der Waals surface area contributed by atoms with E-state index >= 15 is 0 Å². The number of nitrogens with one attached hydrogen (secondary N) is 1. The molecule has 36 heavy (non-hydrogen) atoms. The van der Waals surface area contributed by atoms with Crippen LogP contribution in [-0.4, -0.2) is 34.2 Å². The van der Waals surface area contributed by atoms with Gasteiger partial charge >= 0.3 is 0 Å². The van der Waals surface area contributed by atoms with Crippen LogP contribution < -0.4 is 0 Å². The van der Waals surface area contributed by atoms with Gasteiger partial charge in [0.2, 0.25) is 0 Å². The van der Waals surface area contributed by atoms with Gasteiger partial charge in [-0.05, 0) is 87.8 Å². The van der Waals surface area contributed by atoms with E-state index in [1.165, 1.54) is 23.9 Å². The summed E-state index contributed by atoms with van der Waals surface area (Å²) in [6, 6.07) is 11.9. The van der Waals surface area contributed by atoms with Gasteiger partial charge in [-0.25, -0.2) is 4.39 Å². The van der Waals surface area contributed by atoms with Crippen LogP contribution >= 0.6 is 0 Å². The minimum absolute atomic E-state index is 0.203. The quantitative estimate of drug-likeness (QED) is 0.371. The molecule has 2 N–H and O–H groups in total. The maximum atomic E-state index is 13.8. The SMILES string of the molecule is CCC(C)(C)OCC1(CC(O)c2ccccn2)CCC2=CC(=Nc3cccc(F)c3)C(C=N)CC21C. The Labute approximate surface area is 214 Å². The van der Waals surface area contributed by atoms with Gasteiger partial charge in [0.25, 0.3) is 0 Å². The molecular formula is C30H38FN3O2. The fourth-order valence-electron chi connectivity index (χ4n) is 5.73. The predicted octanol–water partition coefficient (Wildman–Crippen LogP) is 7.00. The average molecular weight is 492 g/mol. The predicted molar refractivity (Wildman–Crippen MR) is 142 cm³/mol. The number of halogens is 1. The Morgan fingerprint density at radius 2 is 2.11 bits per heavy atom. The Morgan fingerprint density at radius 1 is 1.31 bits per heavy atom. The van der Waals surface area contributed by atoms with E-state index in [9.17, 15) is 9.50 Å². The maximum absolute atomic E-state index is 13.8. The average Bonchev–Trinajstić information content (AvgIpc) is 3.14. The number of rotatable bonds is 9. The summed E-state index contributed by atoms with van der Waals surface area (Å²) in [7, 11) is 0. The van der Waals surface area contributed by atoms with Gasteiger partial charge in [0.1, 0.15) is 5.82 Å². The Morgan fingerprint density at radius 3 is 2.78 bits per heavy atom. The summed E-state index contributed by atoms with van der Waals surface area (Å²) < 4.78 is 20.3. The van der Waals surface area contributed by atoms with Crippen molar-refractivity contribution in [2.45, 2.75) is 71.5 Å². The summed E-state index contributed by atoms with van der Waals surface area (Å²) in [6.45, 7) is 9.11. The summed E-state index contributed by atoms with van der Waals surface area (Å²) in [6.07, 6.45) is 8.42. The first-order valence-electron chi connectivity index (χ1n) is 12.9. The van der Waals surface area contributed by atoms with Crippen LogP contribution in [0, 0.1) is 28.0 Å². The topological polar surface area (TPSA) is 78.6 Å². The van der Waals surface area contributed by atoms with E-state index in [1.54, 1.807) is 18.3 Å². The van der Waals surface area contributed by atoms with E-state index < -0.39 is 6.10 Å². The first-order chi connectivity index (χ1) is 17.1. The van der Waals surface area contributed by atoms with Crippen LogP contribution in [0.15, 0.2) is 65.3 Å². The summed E-state index contributed by atoms with van der Waals surface area (Å²) in [5.41, 5.74) is 2.40. The van der Waals surface area contributed by atoms with Crippen molar-refractivity contribution in [2.24, 2.45) is 21.7 Å². The number of hydrogen-bond donors (Lipinski definition) is 2. The largest absolute Gasteiger partial charge is 0.387 e. The summed E-state index contributed by atoms with van der Waals surface area (Å²) in [5.74, 6) is -0.527. The zero-order valence-corrected chi connectivity index (χ0v) is 21.8. The minimum atomic E-state index is -0.712. The highest BCUT2D eigenvalue weighted by atomic mass is 19.1. The molecule has 1 heterocycles. The van der Waals surface area contributed by atoms with Gasteiger partial charge in [-0.1, -0.05) is 31.6 Å². The number of fused-ring (bicyclic) bond motifs is 1. The molecule has 6 heteroatoms. The number of aliphatic hydroxyl groups is 1. The lowest BCUT2D eigenvalue weighted by molar-refractivity contribution is -0.107. The van der Waals surface area contributed by atoms with Crippen molar-refractivity contribution in [1.82, 2.24) is 4.98 Å². The molecule has 5 nitrogen and oxygen atoms in total. The molecule has 192 valence electrons. The van der Waals surface area contributed by atoms with Crippen molar-refractivity contribution in [1.29, 1.82) is 5.41 Å². The van der Waals surface area contributed by atoms with Crippen LogP contribution in [0.2, 0.25) is 0 Å². The lowest BCUT2D eigenvalue weighted by Crippen LogP contribution is -2.47. The fourth-order valence-corrected chi connectivity index (χ4v) is 5.73. The molecular weight excluding hydrogens is 453 g/mol. The lowest BCUT2D eigenvalue weighted by atomic mass is 9.57. The van der Waals surface area contributed by atoms with Crippen LogP contribution in [-0.2, 0) is 4.74 Å². The molecule has 4 unspecified atom stereocenters. The van der Waals surface area contributed by atoms with E-state index in [1.807, 2.05) is 18.2 Å². The number of aromatic nitrogens is 1. The van der Waals surface area contributed by atoms with Crippen molar-refractivity contribution in [3.8, 4) is 0 Å². The number of pyridine rings is 1. The van der Waals surface area contributed by atoms with Gasteiger partial charge in [-0.3, -0.25) is 9.98 Å². The smallest absolute Gasteiger partial charge is 0.125 e. The Bertz CT molecular complexity index is 1150. The van der Waals surface area contributed by atoms with E-state index in [-0.39, 0.29) is 28.2 Å². The van der Waals surface area contributed by atoms with Crippen LogP contribution in [0.4, 0.5) is 10.1 Å². The van der Waals surface area contributed by atoms with E-state index in [4.69, 9.17) is 15.1 Å². The number of ether oxygens (including phenoxy) is 1. The van der Waals surface area contributed by atoms with Gasteiger partial charge in [0.05, 0.1) is 29.7 Å². The number of hydrogen-bond acceptors (Lipinski definition) is 5. The molecule has 1 aromatic heterocycles. The summed E-state index contributed by atoms with van der Waals surface area (Å²) in [4.78, 5) is 9.15. The standard InChI is InChI=1S/C30H38FN3O2/c1-5-28(2,3)36-20-30(18-27(35)25-11-6-7-14-33-25)13-12-22-15-26(21(19-32)17-29(22,30)4)34-24-10-8-9-23(31)16-24/h6-11,14-16,19,21,27,32,35H,5,12-13,17-18,20H2,1-4H3. The third kappa shape index (κ3) is 5.21. The summed E-state index contributed by atoms with van der Waals surface area (Å²) >= 11 is 0. The zero-order valence-electron chi connectivity index (χ0n) is 21.8. The second-order valence-corrected chi connectivity index (χ2v) is 11.2. The van der Waals surface area contributed by atoms with Crippen LogP contribution in [0.5, 0.6) is 0 Å².